The van der Waals surface area contributed by atoms with Gasteiger partial charge in [0.2, 0.25) is 23.6 Å². The number of para-hydroxylation sites is 1. The molecule has 10 N–H and O–H groups in total. The van der Waals surface area contributed by atoms with E-state index in [2.05, 4.69) is 20.9 Å². The number of nitrogens with one attached hydrogen (secondary N) is 4. The minimum atomic E-state index is -1.56. The Hall–Kier alpha value is -3.97. The number of primary amides is 1. The van der Waals surface area contributed by atoms with Crippen LogP contribution in [0.4, 0.5) is 0 Å². The Bertz CT molecular complexity index is 1070. The van der Waals surface area contributed by atoms with Gasteiger partial charge in [-0.05, 0) is 18.6 Å². The molecule has 34 heavy (non-hydrogen) atoms. The summed E-state index contributed by atoms with van der Waals surface area (Å²) in [5.41, 5.74) is 12.1. The zero-order chi connectivity index (χ0) is 25.4. The number of aliphatic carboxylic acids is 1. The standard InChI is InChI=1S/C21H28N6O7/c1-10(18(30)27-16(21(33)34)7-17(23)29)25-20(32)15(26-19(31)13(22)9-28)6-11-8-24-14-5-3-2-4-12(11)14/h2-5,8,10,13,15-16,24,28H,6-7,9,22H2,1H3,(H2,23,29)(H,25,32)(H,26,31)(H,27,30)(H,33,34). The number of aliphatic hydroxyl groups excluding tert-OH is 1. The molecule has 4 amide bonds. The number of aromatic nitrogens is 1. The number of aliphatic hydroxyl groups is 1. The number of hydrogen-bond acceptors (Lipinski definition) is 7. The lowest BCUT2D eigenvalue weighted by Gasteiger charge is -2.23. The van der Waals surface area contributed by atoms with Crippen LogP contribution in [0.25, 0.3) is 10.9 Å². The van der Waals surface area contributed by atoms with Gasteiger partial charge in [-0.3, -0.25) is 19.2 Å². The number of carboxylic acids is 1. The summed E-state index contributed by atoms with van der Waals surface area (Å²) < 4.78 is 0. The number of carboxylic acid groups (broad SMARTS) is 1. The van der Waals surface area contributed by atoms with E-state index in [1.807, 2.05) is 24.3 Å². The number of rotatable bonds is 12. The molecule has 1 heterocycles. The predicted molar refractivity (Wildman–Crippen MR) is 120 cm³/mol. The van der Waals surface area contributed by atoms with Crippen molar-refractivity contribution in [2.45, 2.75) is 43.9 Å². The second-order valence-corrected chi connectivity index (χ2v) is 7.71. The van der Waals surface area contributed by atoms with E-state index in [9.17, 15) is 24.0 Å². The number of H-pyrrole nitrogens is 1. The van der Waals surface area contributed by atoms with Crippen LogP contribution in [0.15, 0.2) is 30.5 Å². The molecule has 0 bridgehead atoms. The van der Waals surface area contributed by atoms with Gasteiger partial charge in [-0.25, -0.2) is 4.79 Å². The maximum absolute atomic E-state index is 13.0. The molecule has 184 valence electrons. The number of hydrogen-bond donors (Lipinski definition) is 8. The minimum Gasteiger partial charge on any atom is -0.480 e. The van der Waals surface area contributed by atoms with E-state index in [0.717, 1.165) is 10.9 Å². The molecular weight excluding hydrogens is 448 g/mol. The third-order valence-electron chi connectivity index (χ3n) is 5.04. The first-order chi connectivity index (χ1) is 16.0. The van der Waals surface area contributed by atoms with Crippen molar-refractivity contribution in [3.05, 3.63) is 36.0 Å². The fourth-order valence-corrected chi connectivity index (χ4v) is 3.17. The van der Waals surface area contributed by atoms with E-state index in [4.69, 9.17) is 21.7 Å². The molecule has 13 heteroatoms. The van der Waals surface area contributed by atoms with Gasteiger partial charge in [0.1, 0.15) is 24.2 Å². The summed E-state index contributed by atoms with van der Waals surface area (Å²) in [6.45, 7) is 0.670. The first-order valence-corrected chi connectivity index (χ1v) is 10.4. The Morgan fingerprint density at radius 2 is 1.65 bits per heavy atom. The van der Waals surface area contributed by atoms with Crippen molar-refractivity contribution in [2.24, 2.45) is 11.5 Å². The third-order valence-corrected chi connectivity index (χ3v) is 5.04. The van der Waals surface area contributed by atoms with E-state index >= 15 is 0 Å². The SMILES string of the molecule is CC(NC(=O)C(Cc1c[nH]c2ccccc12)NC(=O)C(N)CO)C(=O)NC(CC(N)=O)C(=O)O. The molecule has 0 saturated carbocycles. The first kappa shape index (κ1) is 26.3. The number of nitrogens with two attached hydrogens (primary N) is 2. The Morgan fingerprint density at radius 3 is 2.26 bits per heavy atom. The van der Waals surface area contributed by atoms with Crippen LogP contribution in [0.2, 0.25) is 0 Å². The lowest BCUT2D eigenvalue weighted by Crippen LogP contribution is -2.57. The van der Waals surface area contributed by atoms with Crippen molar-refractivity contribution < 1.29 is 34.2 Å². The molecule has 1 aromatic carbocycles. The van der Waals surface area contributed by atoms with E-state index in [0.29, 0.717) is 5.56 Å². The van der Waals surface area contributed by atoms with Gasteiger partial charge in [0.15, 0.2) is 0 Å². The van der Waals surface area contributed by atoms with Gasteiger partial charge >= 0.3 is 5.97 Å². The zero-order valence-corrected chi connectivity index (χ0v) is 18.4. The van der Waals surface area contributed by atoms with Crippen LogP contribution in [0.1, 0.15) is 18.9 Å². The van der Waals surface area contributed by atoms with Crippen LogP contribution in [0.3, 0.4) is 0 Å². The van der Waals surface area contributed by atoms with Gasteiger partial charge in [0.25, 0.3) is 0 Å². The number of aromatic amines is 1. The molecular formula is C21H28N6O7. The summed E-state index contributed by atoms with van der Waals surface area (Å²) in [4.78, 5) is 62.9. The molecule has 0 saturated heterocycles. The summed E-state index contributed by atoms with van der Waals surface area (Å²) in [5.74, 6) is -4.77. The summed E-state index contributed by atoms with van der Waals surface area (Å²) >= 11 is 0. The normalized spacial score (nSPS) is 14.4. The molecule has 2 rings (SSSR count). The lowest BCUT2D eigenvalue weighted by molar-refractivity contribution is -0.143. The van der Waals surface area contributed by atoms with Gasteiger partial charge in [-0.15, -0.1) is 0 Å². The van der Waals surface area contributed by atoms with Crippen molar-refractivity contribution in [2.75, 3.05) is 6.61 Å². The molecule has 13 nitrogen and oxygen atoms in total. The summed E-state index contributed by atoms with van der Waals surface area (Å²) in [7, 11) is 0. The molecule has 1 aromatic heterocycles. The Labute approximate surface area is 194 Å². The topological polar surface area (TPSA) is 230 Å². The van der Waals surface area contributed by atoms with Crippen molar-refractivity contribution in [3.63, 3.8) is 0 Å². The second-order valence-electron chi connectivity index (χ2n) is 7.71. The molecule has 0 spiro atoms. The first-order valence-electron chi connectivity index (χ1n) is 10.4. The zero-order valence-electron chi connectivity index (χ0n) is 18.4. The predicted octanol–water partition coefficient (Wildman–Crippen LogP) is -2.54. The van der Waals surface area contributed by atoms with Crippen LogP contribution < -0.4 is 27.4 Å². The number of carbonyl (C=O) groups is 5. The average Bonchev–Trinajstić information content (AvgIpc) is 3.19. The fraction of sp³-hybridized carbons (Fsp3) is 0.381. The highest BCUT2D eigenvalue weighted by atomic mass is 16.4. The van der Waals surface area contributed by atoms with Crippen molar-refractivity contribution >= 4 is 40.5 Å². The van der Waals surface area contributed by atoms with Gasteiger partial charge in [0.05, 0.1) is 13.0 Å². The highest BCUT2D eigenvalue weighted by Crippen LogP contribution is 2.19. The molecule has 4 atom stereocenters. The summed E-state index contributed by atoms with van der Waals surface area (Å²) in [6.07, 6.45) is 1.09. The van der Waals surface area contributed by atoms with E-state index in [-0.39, 0.29) is 6.42 Å². The molecule has 4 unspecified atom stereocenters. The molecule has 0 fully saturated rings. The van der Waals surface area contributed by atoms with Crippen molar-refractivity contribution in [3.8, 4) is 0 Å². The summed E-state index contributed by atoms with van der Waals surface area (Å²) in [5, 5.41) is 26.1. The van der Waals surface area contributed by atoms with Crippen LogP contribution in [-0.2, 0) is 30.4 Å². The molecule has 0 aliphatic rings. The molecule has 0 aliphatic carbocycles. The number of fused-ring (bicyclic) bond motifs is 1. The second kappa shape index (κ2) is 11.8. The van der Waals surface area contributed by atoms with E-state index in [1.54, 1.807) is 6.20 Å². The number of benzene rings is 1. The highest BCUT2D eigenvalue weighted by molar-refractivity contribution is 5.95. The van der Waals surface area contributed by atoms with Crippen LogP contribution >= 0.6 is 0 Å². The molecule has 2 aromatic rings. The van der Waals surface area contributed by atoms with Crippen molar-refractivity contribution in [1.82, 2.24) is 20.9 Å². The summed E-state index contributed by atoms with van der Waals surface area (Å²) in [6, 6.07) is 2.11. The fourth-order valence-electron chi connectivity index (χ4n) is 3.17. The van der Waals surface area contributed by atoms with Gasteiger partial charge in [-0.2, -0.15) is 0 Å². The van der Waals surface area contributed by atoms with E-state index in [1.165, 1.54) is 6.92 Å². The van der Waals surface area contributed by atoms with Gasteiger partial charge in [0, 0.05) is 23.5 Å². The van der Waals surface area contributed by atoms with E-state index < -0.39 is 66.8 Å². The minimum absolute atomic E-state index is 0.0352. The third kappa shape index (κ3) is 7.02. The smallest absolute Gasteiger partial charge is 0.326 e. The molecule has 0 radical (unpaired) electrons. The monoisotopic (exact) mass is 476 g/mol. The van der Waals surface area contributed by atoms with Crippen LogP contribution in [0, 0.1) is 0 Å². The van der Waals surface area contributed by atoms with Gasteiger partial charge < -0.3 is 42.6 Å². The Balaban J connectivity index is 2.16. The lowest BCUT2D eigenvalue weighted by atomic mass is 10.0. The average molecular weight is 476 g/mol. The molecule has 0 aliphatic heterocycles. The maximum atomic E-state index is 13.0. The Kier molecular flexibility index (Phi) is 9.10. The van der Waals surface area contributed by atoms with Gasteiger partial charge in [-0.1, -0.05) is 18.2 Å². The van der Waals surface area contributed by atoms with Crippen LogP contribution in [-0.4, -0.2) is 75.6 Å². The van der Waals surface area contributed by atoms with Crippen molar-refractivity contribution in [1.29, 1.82) is 0 Å². The van der Waals surface area contributed by atoms with Crippen LogP contribution in [0.5, 0.6) is 0 Å². The quantitative estimate of drug-likeness (QED) is 0.162. The largest absolute Gasteiger partial charge is 0.480 e. The number of amides is 4. The highest BCUT2D eigenvalue weighted by Gasteiger charge is 2.29. The Morgan fingerprint density at radius 1 is 1.00 bits per heavy atom. The maximum Gasteiger partial charge on any atom is 0.326 e. The number of carbonyl (C=O) groups excluding carboxylic acids is 4.